The SMILES string of the molecule is CCCCCC1CC2=C(CCCN2)C2CNCC12. The van der Waals surface area contributed by atoms with Crippen LogP contribution in [0.2, 0.25) is 0 Å². The highest BCUT2D eigenvalue weighted by atomic mass is 15.0. The zero-order valence-corrected chi connectivity index (χ0v) is 11.8. The molecule has 0 spiro atoms. The molecular formula is C16H28N2. The summed E-state index contributed by atoms with van der Waals surface area (Å²) in [5.74, 6) is 2.76. The number of rotatable bonds is 4. The van der Waals surface area contributed by atoms with Crippen molar-refractivity contribution in [2.24, 2.45) is 17.8 Å². The quantitative estimate of drug-likeness (QED) is 0.747. The minimum Gasteiger partial charge on any atom is -0.388 e. The van der Waals surface area contributed by atoms with Gasteiger partial charge in [-0.05, 0) is 55.6 Å². The van der Waals surface area contributed by atoms with Gasteiger partial charge in [0.2, 0.25) is 0 Å². The smallest absolute Gasteiger partial charge is 0.0147 e. The standard InChI is InChI=1S/C16H28N2/c1-2-3-4-6-12-9-16-13(7-5-8-18-16)15-11-17-10-14(12)15/h12,14-15,17-18H,2-11H2,1H3. The molecule has 0 aromatic rings. The van der Waals surface area contributed by atoms with Crippen LogP contribution in [0.1, 0.15) is 51.9 Å². The molecule has 102 valence electrons. The summed E-state index contributed by atoms with van der Waals surface area (Å²) in [5.41, 5.74) is 3.44. The number of unbranched alkanes of at least 4 members (excludes halogenated alkanes) is 2. The monoisotopic (exact) mass is 248 g/mol. The lowest BCUT2D eigenvalue weighted by Crippen LogP contribution is -2.36. The second-order valence-electron chi connectivity index (χ2n) is 6.42. The molecule has 2 nitrogen and oxygen atoms in total. The van der Waals surface area contributed by atoms with Gasteiger partial charge in [-0.1, -0.05) is 26.2 Å². The van der Waals surface area contributed by atoms with Crippen LogP contribution in [0.4, 0.5) is 0 Å². The molecule has 0 aromatic carbocycles. The molecule has 1 saturated heterocycles. The van der Waals surface area contributed by atoms with E-state index in [1.807, 2.05) is 0 Å². The van der Waals surface area contributed by atoms with E-state index in [4.69, 9.17) is 0 Å². The number of hydrogen-bond donors (Lipinski definition) is 2. The normalized spacial score (nSPS) is 35.1. The van der Waals surface area contributed by atoms with Gasteiger partial charge in [-0.2, -0.15) is 0 Å². The molecule has 3 rings (SSSR count). The fourth-order valence-corrected chi connectivity index (χ4v) is 4.36. The number of fused-ring (bicyclic) bond motifs is 2. The molecule has 0 aromatic heterocycles. The molecule has 1 fully saturated rings. The molecule has 3 unspecified atom stereocenters. The van der Waals surface area contributed by atoms with E-state index < -0.39 is 0 Å². The summed E-state index contributed by atoms with van der Waals surface area (Å²) in [6, 6.07) is 0. The highest BCUT2D eigenvalue weighted by Gasteiger charge is 2.40. The molecule has 2 aliphatic heterocycles. The summed E-state index contributed by atoms with van der Waals surface area (Å²) in [7, 11) is 0. The fourth-order valence-electron chi connectivity index (χ4n) is 4.36. The van der Waals surface area contributed by atoms with Crippen LogP contribution in [0.25, 0.3) is 0 Å². The highest BCUT2D eigenvalue weighted by molar-refractivity contribution is 5.25. The minimum absolute atomic E-state index is 0.869. The van der Waals surface area contributed by atoms with E-state index in [9.17, 15) is 0 Å². The Labute approximate surface area is 112 Å². The van der Waals surface area contributed by atoms with Crippen LogP contribution in [0, 0.1) is 17.8 Å². The van der Waals surface area contributed by atoms with Gasteiger partial charge in [0.15, 0.2) is 0 Å². The van der Waals surface area contributed by atoms with Gasteiger partial charge in [0, 0.05) is 18.8 Å². The topological polar surface area (TPSA) is 24.1 Å². The van der Waals surface area contributed by atoms with E-state index in [1.165, 1.54) is 64.6 Å². The van der Waals surface area contributed by atoms with E-state index in [2.05, 4.69) is 17.6 Å². The fraction of sp³-hybridized carbons (Fsp3) is 0.875. The molecular weight excluding hydrogens is 220 g/mol. The summed E-state index contributed by atoms with van der Waals surface area (Å²) in [6.45, 7) is 6.04. The van der Waals surface area contributed by atoms with Crippen LogP contribution < -0.4 is 10.6 Å². The van der Waals surface area contributed by atoms with Crippen LogP contribution in [-0.4, -0.2) is 19.6 Å². The second-order valence-corrected chi connectivity index (χ2v) is 6.42. The molecule has 0 saturated carbocycles. The van der Waals surface area contributed by atoms with Crippen LogP contribution in [0.15, 0.2) is 11.3 Å². The molecule has 2 N–H and O–H groups in total. The lowest BCUT2D eigenvalue weighted by molar-refractivity contribution is 0.243. The Morgan fingerprint density at radius 2 is 2.17 bits per heavy atom. The average molecular weight is 248 g/mol. The molecule has 0 amide bonds. The summed E-state index contributed by atoms with van der Waals surface area (Å²) in [5, 5.41) is 7.36. The Morgan fingerprint density at radius 1 is 1.22 bits per heavy atom. The van der Waals surface area contributed by atoms with Gasteiger partial charge in [-0.3, -0.25) is 0 Å². The molecule has 2 heterocycles. The molecule has 1 aliphatic carbocycles. The molecule has 0 radical (unpaired) electrons. The molecule has 0 bridgehead atoms. The third-order valence-corrected chi connectivity index (χ3v) is 5.31. The zero-order chi connectivity index (χ0) is 12.4. The Balaban J connectivity index is 1.71. The maximum absolute atomic E-state index is 3.71. The molecule has 2 heteroatoms. The largest absolute Gasteiger partial charge is 0.388 e. The van der Waals surface area contributed by atoms with Crippen LogP contribution >= 0.6 is 0 Å². The van der Waals surface area contributed by atoms with Crippen molar-refractivity contribution < 1.29 is 0 Å². The van der Waals surface area contributed by atoms with Crippen LogP contribution in [-0.2, 0) is 0 Å². The number of nitrogens with one attached hydrogen (secondary N) is 2. The Hall–Kier alpha value is -0.500. The van der Waals surface area contributed by atoms with Gasteiger partial charge in [0.25, 0.3) is 0 Å². The first-order valence-electron chi connectivity index (χ1n) is 8.06. The van der Waals surface area contributed by atoms with Crippen molar-refractivity contribution in [2.75, 3.05) is 19.6 Å². The Bertz CT molecular complexity index is 321. The summed E-state index contributed by atoms with van der Waals surface area (Å²) >= 11 is 0. The molecule has 18 heavy (non-hydrogen) atoms. The van der Waals surface area contributed by atoms with Crippen LogP contribution in [0.3, 0.4) is 0 Å². The van der Waals surface area contributed by atoms with Crippen molar-refractivity contribution in [1.29, 1.82) is 0 Å². The number of hydrogen-bond acceptors (Lipinski definition) is 2. The highest BCUT2D eigenvalue weighted by Crippen LogP contribution is 2.44. The van der Waals surface area contributed by atoms with Crippen molar-refractivity contribution in [3.8, 4) is 0 Å². The van der Waals surface area contributed by atoms with Gasteiger partial charge in [-0.25, -0.2) is 0 Å². The van der Waals surface area contributed by atoms with Gasteiger partial charge in [0.05, 0.1) is 0 Å². The second kappa shape index (κ2) is 5.64. The first-order chi connectivity index (χ1) is 8.90. The first-order valence-corrected chi connectivity index (χ1v) is 8.06. The molecule has 3 atom stereocenters. The van der Waals surface area contributed by atoms with E-state index >= 15 is 0 Å². The van der Waals surface area contributed by atoms with E-state index in [1.54, 1.807) is 11.3 Å². The van der Waals surface area contributed by atoms with Crippen LogP contribution in [0.5, 0.6) is 0 Å². The predicted molar refractivity (Wildman–Crippen MR) is 76.4 cm³/mol. The van der Waals surface area contributed by atoms with Crippen molar-refractivity contribution in [3.05, 3.63) is 11.3 Å². The van der Waals surface area contributed by atoms with Crippen molar-refractivity contribution >= 4 is 0 Å². The Kier molecular flexibility index (Phi) is 3.93. The minimum atomic E-state index is 0.869. The lowest BCUT2D eigenvalue weighted by atomic mass is 9.69. The van der Waals surface area contributed by atoms with Crippen molar-refractivity contribution in [2.45, 2.75) is 51.9 Å². The first kappa shape index (κ1) is 12.5. The zero-order valence-electron chi connectivity index (χ0n) is 11.8. The predicted octanol–water partition coefficient (Wildman–Crippen LogP) is 3.06. The van der Waals surface area contributed by atoms with E-state index in [0.29, 0.717) is 0 Å². The van der Waals surface area contributed by atoms with Crippen molar-refractivity contribution in [3.63, 3.8) is 0 Å². The van der Waals surface area contributed by atoms with E-state index in [-0.39, 0.29) is 0 Å². The molecule has 3 aliphatic rings. The van der Waals surface area contributed by atoms with Crippen molar-refractivity contribution in [1.82, 2.24) is 10.6 Å². The third kappa shape index (κ3) is 2.32. The van der Waals surface area contributed by atoms with E-state index in [0.717, 1.165) is 17.8 Å². The third-order valence-electron chi connectivity index (χ3n) is 5.31. The lowest BCUT2D eigenvalue weighted by Gasteiger charge is -2.39. The van der Waals surface area contributed by atoms with Gasteiger partial charge in [-0.15, -0.1) is 0 Å². The maximum Gasteiger partial charge on any atom is 0.0147 e. The number of allylic oxidation sites excluding steroid dienone is 1. The Morgan fingerprint density at radius 3 is 3.06 bits per heavy atom. The maximum atomic E-state index is 3.71. The summed E-state index contributed by atoms with van der Waals surface area (Å²) in [6.07, 6.45) is 9.73. The van der Waals surface area contributed by atoms with Gasteiger partial charge < -0.3 is 10.6 Å². The summed E-state index contributed by atoms with van der Waals surface area (Å²) < 4.78 is 0. The van der Waals surface area contributed by atoms with Gasteiger partial charge >= 0.3 is 0 Å². The summed E-state index contributed by atoms with van der Waals surface area (Å²) in [4.78, 5) is 0. The van der Waals surface area contributed by atoms with Gasteiger partial charge in [0.1, 0.15) is 0 Å². The average Bonchev–Trinajstić information content (AvgIpc) is 2.89.